The lowest BCUT2D eigenvalue weighted by atomic mass is 9.74. The molecular formula is C21H33N3O2S. The van der Waals surface area contributed by atoms with E-state index in [4.69, 9.17) is 9.47 Å². The molecule has 150 valence electrons. The van der Waals surface area contributed by atoms with Crippen LogP contribution in [0.15, 0.2) is 29.3 Å². The summed E-state index contributed by atoms with van der Waals surface area (Å²) in [7, 11) is 3.57. The van der Waals surface area contributed by atoms with Crippen LogP contribution in [0, 0.1) is 0 Å². The van der Waals surface area contributed by atoms with Gasteiger partial charge in [-0.1, -0.05) is 12.1 Å². The normalized spacial score (nSPS) is 25.2. The van der Waals surface area contributed by atoms with Crippen molar-refractivity contribution in [2.75, 3.05) is 40.2 Å². The number of benzene rings is 1. The fourth-order valence-corrected chi connectivity index (χ4v) is 5.00. The topological polar surface area (TPSA) is 54.9 Å². The molecule has 27 heavy (non-hydrogen) atoms. The highest BCUT2D eigenvalue weighted by Crippen LogP contribution is 2.35. The summed E-state index contributed by atoms with van der Waals surface area (Å²) >= 11 is 1.98. The van der Waals surface area contributed by atoms with E-state index in [0.29, 0.717) is 6.04 Å². The van der Waals surface area contributed by atoms with Gasteiger partial charge in [0.15, 0.2) is 5.96 Å². The molecular weight excluding hydrogens is 358 g/mol. The van der Waals surface area contributed by atoms with Crippen LogP contribution in [0.5, 0.6) is 5.75 Å². The Kier molecular flexibility index (Phi) is 7.30. The number of ether oxygens (including phenoxy) is 2. The van der Waals surface area contributed by atoms with Crippen LogP contribution in [-0.2, 0) is 10.2 Å². The van der Waals surface area contributed by atoms with Gasteiger partial charge in [-0.25, -0.2) is 0 Å². The Morgan fingerprint density at radius 1 is 1.26 bits per heavy atom. The zero-order valence-corrected chi connectivity index (χ0v) is 17.6. The van der Waals surface area contributed by atoms with Gasteiger partial charge in [0.1, 0.15) is 5.75 Å². The van der Waals surface area contributed by atoms with E-state index in [2.05, 4.69) is 46.1 Å². The van der Waals surface area contributed by atoms with Crippen molar-refractivity contribution in [3.05, 3.63) is 29.8 Å². The van der Waals surface area contributed by atoms with Gasteiger partial charge in [-0.05, 0) is 56.1 Å². The van der Waals surface area contributed by atoms with Crippen molar-refractivity contribution in [2.24, 2.45) is 4.99 Å². The number of nitrogens with one attached hydrogen (secondary N) is 2. The summed E-state index contributed by atoms with van der Waals surface area (Å²) < 4.78 is 11.0. The van der Waals surface area contributed by atoms with E-state index in [1.165, 1.54) is 24.8 Å². The van der Waals surface area contributed by atoms with Crippen LogP contribution in [0.4, 0.5) is 0 Å². The Hall–Kier alpha value is -1.40. The predicted molar refractivity (Wildman–Crippen MR) is 114 cm³/mol. The second-order valence-corrected chi connectivity index (χ2v) is 8.70. The zero-order chi connectivity index (χ0) is 19.1. The van der Waals surface area contributed by atoms with Crippen LogP contribution in [-0.4, -0.2) is 57.4 Å². The maximum Gasteiger partial charge on any atom is 0.191 e. The first-order valence-corrected chi connectivity index (χ1v) is 11.2. The molecule has 5 nitrogen and oxygen atoms in total. The third-order valence-electron chi connectivity index (χ3n) is 6.03. The first kappa shape index (κ1) is 20.3. The van der Waals surface area contributed by atoms with Gasteiger partial charge in [0.2, 0.25) is 0 Å². The molecule has 1 aromatic carbocycles. The lowest BCUT2D eigenvalue weighted by molar-refractivity contribution is 0.0513. The molecule has 0 amide bonds. The van der Waals surface area contributed by atoms with Crippen LogP contribution < -0.4 is 15.4 Å². The van der Waals surface area contributed by atoms with Crippen LogP contribution in [0.25, 0.3) is 0 Å². The average molecular weight is 392 g/mol. The highest BCUT2D eigenvalue weighted by molar-refractivity contribution is 7.99. The number of hydrogen-bond acceptors (Lipinski definition) is 4. The number of thioether (sulfide) groups is 1. The molecule has 1 saturated heterocycles. The fourth-order valence-electron chi connectivity index (χ4n) is 4.20. The molecule has 2 N–H and O–H groups in total. The van der Waals surface area contributed by atoms with Gasteiger partial charge in [-0.3, -0.25) is 4.99 Å². The van der Waals surface area contributed by atoms with E-state index in [-0.39, 0.29) is 5.41 Å². The Morgan fingerprint density at radius 3 is 2.59 bits per heavy atom. The standard InChI is InChI=1S/C21H33N3O2S/c1-22-20(24-17-6-9-19(14-17)27-3)23-15-21(10-12-26-13-11-21)16-4-7-18(25-2)8-5-16/h4-5,7-8,17,19H,6,9-15H2,1-3H3,(H2,22,23,24). The van der Waals surface area contributed by atoms with Crippen molar-refractivity contribution >= 4 is 17.7 Å². The van der Waals surface area contributed by atoms with E-state index < -0.39 is 0 Å². The monoisotopic (exact) mass is 391 g/mol. The van der Waals surface area contributed by atoms with Crippen LogP contribution in [0.3, 0.4) is 0 Å². The maximum atomic E-state index is 5.66. The van der Waals surface area contributed by atoms with Crippen molar-refractivity contribution < 1.29 is 9.47 Å². The van der Waals surface area contributed by atoms with Gasteiger partial charge in [0.05, 0.1) is 7.11 Å². The number of guanidine groups is 1. The fraction of sp³-hybridized carbons (Fsp3) is 0.667. The Balaban J connectivity index is 1.65. The minimum atomic E-state index is 0.0691. The second kappa shape index (κ2) is 9.69. The Morgan fingerprint density at radius 2 is 2.00 bits per heavy atom. The molecule has 1 aliphatic carbocycles. The molecule has 2 fully saturated rings. The smallest absolute Gasteiger partial charge is 0.191 e. The van der Waals surface area contributed by atoms with E-state index >= 15 is 0 Å². The van der Waals surface area contributed by atoms with Crippen molar-refractivity contribution in [3.63, 3.8) is 0 Å². The number of aliphatic imine (C=N–C) groups is 1. The molecule has 1 aromatic rings. The lowest BCUT2D eigenvalue weighted by Crippen LogP contribution is -2.49. The highest BCUT2D eigenvalue weighted by atomic mass is 32.2. The molecule has 0 bridgehead atoms. The predicted octanol–water partition coefficient (Wildman–Crippen LogP) is 3.19. The summed E-state index contributed by atoms with van der Waals surface area (Å²) in [6.45, 7) is 2.47. The van der Waals surface area contributed by atoms with Crippen molar-refractivity contribution in [1.82, 2.24) is 10.6 Å². The van der Waals surface area contributed by atoms with Gasteiger partial charge in [0.25, 0.3) is 0 Å². The number of nitrogens with zero attached hydrogens (tertiary/aromatic N) is 1. The van der Waals surface area contributed by atoms with Crippen LogP contribution in [0.2, 0.25) is 0 Å². The maximum absolute atomic E-state index is 5.66. The second-order valence-electron chi connectivity index (χ2n) is 7.56. The van der Waals surface area contributed by atoms with Crippen molar-refractivity contribution in [1.29, 1.82) is 0 Å². The molecule has 1 aliphatic heterocycles. The molecule has 2 aliphatic rings. The number of hydrogen-bond donors (Lipinski definition) is 2. The molecule has 2 atom stereocenters. The van der Waals surface area contributed by atoms with E-state index in [1.54, 1.807) is 7.11 Å². The van der Waals surface area contributed by atoms with Crippen molar-refractivity contribution in [3.8, 4) is 5.75 Å². The molecule has 3 rings (SSSR count). The summed E-state index contributed by atoms with van der Waals surface area (Å²) in [6, 6.07) is 9.03. The number of methoxy groups -OCH3 is 1. The largest absolute Gasteiger partial charge is 0.497 e. The quantitative estimate of drug-likeness (QED) is 0.576. The molecule has 0 radical (unpaired) electrons. The van der Waals surface area contributed by atoms with E-state index in [0.717, 1.165) is 49.6 Å². The van der Waals surface area contributed by atoms with Gasteiger partial charge in [-0.15, -0.1) is 0 Å². The van der Waals surface area contributed by atoms with Crippen LogP contribution in [0.1, 0.15) is 37.7 Å². The lowest BCUT2D eigenvalue weighted by Gasteiger charge is -2.38. The Labute approximate surface area is 167 Å². The third kappa shape index (κ3) is 5.11. The van der Waals surface area contributed by atoms with Gasteiger partial charge in [0, 0.05) is 43.5 Å². The summed E-state index contributed by atoms with van der Waals surface area (Å²) in [5, 5.41) is 8.02. The summed E-state index contributed by atoms with van der Waals surface area (Å²) in [6.07, 6.45) is 7.98. The summed E-state index contributed by atoms with van der Waals surface area (Å²) in [4.78, 5) is 4.48. The summed E-state index contributed by atoms with van der Waals surface area (Å²) in [5.74, 6) is 1.82. The first-order chi connectivity index (χ1) is 13.2. The highest BCUT2D eigenvalue weighted by Gasteiger charge is 2.35. The molecule has 0 aromatic heterocycles. The summed E-state index contributed by atoms with van der Waals surface area (Å²) in [5.41, 5.74) is 1.41. The van der Waals surface area contributed by atoms with Gasteiger partial charge < -0.3 is 20.1 Å². The van der Waals surface area contributed by atoms with E-state index in [9.17, 15) is 0 Å². The molecule has 0 spiro atoms. The average Bonchev–Trinajstić information content (AvgIpc) is 3.19. The van der Waals surface area contributed by atoms with Gasteiger partial charge in [-0.2, -0.15) is 11.8 Å². The van der Waals surface area contributed by atoms with Crippen molar-refractivity contribution in [2.45, 2.75) is 48.8 Å². The SMILES string of the molecule is CN=C(NCC1(c2ccc(OC)cc2)CCOCC1)NC1CCC(SC)C1. The zero-order valence-electron chi connectivity index (χ0n) is 16.8. The molecule has 2 unspecified atom stereocenters. The van der Waals surface area contributed by atoms with E-state index in [1.807, 2.05) is 18.8 Å². The van der Waals surface area contributed by atoms with Crippen LogP contribution >= 0.6 is 11.8 Å². The Bertz CT molecular complexity index is 614. The minimum absolute atomic E-state index is 0.0691. The molecule has 1 saturated carbocycles. The third-order valence-corrected chi connectivity index (χ3v) is 7.12. The number of rotatable bonds is 6. The molecule has 1 heterocycles. The molecule has 6 heteroatoms. The first-order valence-electron chi connectivity index (χ1n) is 9.91. The van der Waals surface area contributed by atoms with Gasteiger partial charge >= 0.3 is 0 Å². The minimum Gasteiger partial charge on any atom is -0.497 e.